The first-order chi connectivity index (χ1) is 12.8. The molecule has 0 unspecified atom stereocenters. The van der Waals surface area contributed by atoms with Gasteiger partial charge in [0.15, 0.2) is 0 Å². The van der Waals surface area contributed by atoms with E-state index in [9.17, 15) is 18.3 Å². The standard InChI is InChI=1S/C20H17NO5S/c1-13-5-2-3-8-17(13)14-6-4-7-16(11-14)27(25,26)21-15-9-10-18(20(23)24)19(22)12-15/h2-12,21-22H,1H3,(H,23,24). The van der Waals surface area contributed by atoms with Crippen molar-refractivity contribution < 1.29 is 23.4 Å². The van der Waals surface area contributed by atoms with Crippen LogP contribution in [-0.4, -0.2) is 24.6 Å². The number of aromatic hydroxyl groups is 1. The molecule has 7 heteroatoms. The fourth-order valence-electron chi connectivity index (χ4n) is 2.72. The van der Waals surface area contributed by atoms with Gasteiger partial charge in [-0.1, -0.05) is 36.4 Å². The van der Waals surface area contributed by atoms with Crippen molar-refractivity contribution in [1.29, 1.82) is 0 Å². The zero-order chi connectivity index (χ0) is 19.6. The molecule has 3 N–H and O–H groups in total. The predicted octanol–water partition coefficient (Wildman–Crippen LogP) is 3.87. The molecule has 0 fully saturated rings. The van der Waals surface area contributed by atoms with E-state index in [4.69, 9.17) is 5.11 Å². The maximum atomic E-state index is 12.7. The number of hydrogen-bond donors (Lipinski definition) is 3. The first-order valence-corrected chi connectivity index (χ1v) is 9.51. The molecule has 0 aliphatic carbocycles. The quantitative estimate of drug-likeness (QED) is 0.620. The summed E-state index contributed by atoms with van der Waals surface area (Å²) in [6.45, 7) is 1.95. The Bertz CT molecular complexity index is 1120. The Morgan fingerprint density at radius 2 is 1.70 bits per heavy atom. The number of carbonyl (C=O) groups is 1. The highest BCUT2D eigenvalue weighted by Crippen LogP contribution is 2.27. The largest absolute Gasteiger partial charge is 0.507 e. The van der Waals surface area contributed by atoms with E-state index in [0.717, 1.165) is 28.8 Å². The number of anilines is 1. The Hall–Kier alpha value is -3.32. The zero-order valence-electron chi connectivity index (χ0n) is 14.4. The van der Waals surface area contributed by atoms with Crippen LogP contribution in [-0.2, 0) is 10.0 Å². The number of carboxylic acids is 1. The van der Waals surface area contributed by atoms with Crippen molar-refractivity contribution in [1.82, 2.24) is 0 Å². The van der Waals surface area contributed by atoms with Crippen LogP contribution in [0.25, 0.3) is 11.1 Å². The number of sulfonamides is 1. The van der Waals surface area contributed by atoms with Gasteiger partial charge >= 0.3 is 5.97 Å². The number of benzene rings is 3. The average molecular weight is 383 g/mol. The van der Waals surface area contributed by atoms with E-state index >= 15 is 0 Å². The van der Waals surface area contributed by atoms with Gasteiger partial charge in [0, 0.05) is 6.07 Å². The van der Waals surface area contributed by atoms with Crippen LogP contribution in [0.5, 0.6) is 5.75 Å². The molecule has 0 saturated carbocycles. The van der Waals surface area contributed by atoms with Crippen LogP contribution in [0.3, 0.4) is 0 Å². The summed E-state index contributed by atoms with van der Waals surface area (Å²) in [5.74, 6) is -1.82. The third-order valence-corrected chi connectivity index (χ3v) is 5.46. The lowest BCUT2D eigenvalue weighted by atomic mass is 10.0. The topological polar surface area (TPSA) is 104 Å². The molecule has 0 spiro atoms. The van der Waals surface area contributed by atoms with Crippen molar-refractivity contribution in [2.45, 2.75) is 11.8 Å². The van der Waals surface area contributed by atoms with E-state index in [-0.39, 0.29) is 16.1 Å². The highest BCUT2D eigenvalue weighted by atomic mass is 32.2. The lowest BCUT2D eigenvalue weighted by Gasteiger charge is -2.11. The van der Waals surface area contributed by atoms with E-state index < -0.39 is 21.7 Å². The van der Waals surface area contributed by atoms with Crippen molar-refractivity contribution in [3.63, 3.8) is 0 Å². The molecule has 0 aliphatic rings. The molecular formula is C20H17NO5S. The summed E-state index contributed by atoms with van der Waals surface area (Å²) < 4.78 is 27.7. The smallest absolute Gasteiger partial charge is 0.339 e. The molecule has 3 rings (SSSR count). The lowest BCUT2D eigenvalue weighted by Crippen LogP contribution is -2.13. The molecule has 138 valence electrons. The molecule has 0 aromatic heterocycles. The summed E-state index contributed by atoms with van der Waals surface area (Å²) in [6.07, 6.45) is 0. The monoisotopic (exact) mass is 383 g/mol. The fourth-order valence-corrected chi connectivity index (χ4v) is 3.81. The number of aromatic carboxylic acids is 1. The minimum absolute atomic E-state index is 0.0602. The summed E-state index contributed by atoms with van der Waals surface area (Å²) in [5, 5.41) is 18.7. The summed E-state index contributed by atoms with van der Waals surface area (Å²) in [5.41, 5.74) is 2.48. The van der Waals surface area contributed by atoms with Gasteiger partial charge in [0.05, 0.1) is 10.6 Å². The van der Waals surface area contributed by atoms with Crippen LogP contribution < -0.4 is 4.72 Å². The molecule has 0 saturated heterocycles. The lowest BCUT2D eigenvalue weighted by molar-refractivity contribution is 0.0694. The first kappa shape index (κ1) is 18.5. The van der Waals surface area contributed by atoms with E-state index in [0.29, 0.717) is 0 Å². The maximum Gasteiger partial charge on any atom is 0.339 e. The maximum absolute atomic E-state index is 12.7. The molecule has 0 bridgehead atoms. The van der Waals surface area contributed by atoms with Gasteiger partial charge in [0.1, 0.15) is 11.3 Å². The summed E-state index contributed by atoms with van der Waals surface area (Å²) >= 11 is 0. The number of aryl methyl sites for hydroxylation is 1. The highest BCUT2D eigenvalue weighted by Gasteiger charge is 2.17. The van der Waals surface area contributed by atoms with E-state index in [2.05, 4.69) is 4.72 Å². The van der Waals surface area contributed by atoms with Gasteiger partial charge in [-0.2, -0.15) is 0 Å². The Kier molecular flexibility index (Phi) is 4.87. The highest BCUT2D eigenvalue weighted by molar-refractivity contribution is 7.92. The van der Waals surface area contributed by atoms with E-state index in [1.807, 2.05) is 37.3 Å². The van der Waals surface area contributed by atoms with Crippen molar-refractivity contribution in [3.05, 3.63) is 77.9 Å². The first-order valence-electron chi connectivity index (χ1n) is 8.03. The van der Waals surface area contributed by atoms with Gasteiger partial charge in [-0.05, 0) is 47.9 Å². The Balaban J connectivity index is 1.94. The molecular weight excluding hydrogens is 366 g/mol. The van der Waals surface area contributed by atoms with Crippen molar-refractivity contribution >= 4 is 21.7 Å². The number of rotatable bonds is 5. The third-order valence-electron chi connectivity index (χ3n) is 4.08. The summed E-state index contributed by atoms with van der Waals surface area (Å²) in [4.78, 5) is 11.0. The van der Waals surface area contributed by atoms with Gasteiger partial charge in [-0.15, -0.1) is 0 Å². The molecule has 3 aromatic rings. The van der Waals surface area contributed by atoms with Gasteiger partial charge in [-0.25, -0.2) is 13.2 Å². The normalized spacial score (nSPS) is 11.1. The van der Waals surface area contributed by atoms with Gasteiger partial charge in [0.25, 0.3) is 10.0 Å². The van der Waals surface area contributed by atoms with E-state index in [1.54, 1.807) is 12.1 Å². The van der Waals surface area contributed by atoms with Gasteiger partial charge in [0.2, 0.25) is 0 Å². The van der Waals surface area contributed by atoms with Crippen LogP contribution in [0.4, 0.5) is 5.69 Å². The molecule has 0 aliphatic heterocycles. The minimum Gasteiger partial charge on any atom is -0.507 e. The number of carboxylic acid groups (broad SMARTS) is 1. The van der Waals surface area contributed by atoms with Crippen LogP contribution in [0, 0.1) is 6.92 Å². The van der Waals surface area contributed by atoms with Crippen molar-refractivity contribution in [3.8, 4) is 16.9 Å². The third kappa shape index (κ3) is 3.93. The van der Waals surface area contributed by atoms with Crippen molar-refractivity contribution in [2.75, 3.05) is 4.72 Å². The summed E-state index contributed by atoms with van der Waals surface area (Å²) in [6, 6.07) is 17.7. The molecule has 27 heavy (non-hydrogen) atoms. The van der Waals surface area contributed by atoms with Crippen LogP contribution >= 0.6 is 0 Å². The SMILES string of the molecule is Cc1ccccc1-c1cccc(S(=O)(=O)Nc2ccc(C(=O)O)c(O)c2)c1. The van der Waals surface area contributed by atoms with E-state index in [1.165, 1.54) is 12.1 Å². The fraction of sp³-hybridized carbons (Fsp3) is 0.0500. The number of hydrogen-bond acceptors (Lipinski definition) is 4. The zero-order valence-corrected chi connectivity index (χ0v) is 15.2. The Morgan fingerprint density at radius 3 is 2.37 bits per heavy atom. The second-order valence-electron chi connectivity index (χ2n) is 5.99. The second kappa shape index (κ2) is 7.13. The molecule has 0 atom stereocenters. The van der Waals surface area contributed by atoms with Crippen LogP contribution in [0.1, 0.15) is 15.9 Å². The van der Waals surface area contributed by atoms with Gasteiger partial charge < -0.3 is 10.2 Å². The summed E-state index contributed by atoms with van der Waals surface area (Å²) in [7, 11) is -3.92. The second-order valence-corrected chi connectivity index (χ2v) is 7.67. The molecule has 3 aromatic carbocycles. The number of nitrogens with one attached hydrogen (secondary N) is 1. The minimum atomic E-state index is -3.92. The van der Waals surface area contributed by atoms with Crippen LogP contribution in [0.15, 0.2) is 71.6 Å². The molecule has 0 amide bonds. The Labute approximate surface area is 156 Å². The molecule has 6 nitrogen and oxygen atoms in total. The average Bonchev–Trinajstić information content (AvgIpc) is 2.61. The molecule has 0 heterocycles. The number of phenols is 1. The predicted molar refractivity (Wildman–Crippen MR) is 102 cm³/mol. The Morgan fingerprint density at radius 1 is 0.963 bits per heavy atom. The van der Waals surface area contributed by atoms with Gasteiger partial charge in [-0.3, -0.25) is 4.72 Å². The van der Waals surface area contributed by atoms with Crippen LogP contribution in [0.2, 0.25) is 0 Å². The molecule has 0 radical (unpaired) electrons. The van der Waals surface area contributed by atoms with Crippen molar-refractivity contribution in [2.24, 2.45) is 0 Å².